The lowest BCUT2D eigenvalue weighted by Crippen LogP contribution is -2.24. The maximum atomic E-state index is 9.54. The zero-order chi connectivity index (χ0) is 17.2. The first kappa shape index (κ1) is 16.4. The molecule has 0 spiro atoms. The highest BCUT2D eigenvalue weighted by Gasteiger charge is 2.21. The summed E-state index contributed by atoms with van der Waals surface area (Å²) in [5, 5.41) is 9.54. The summed E-state index contributed by atoms with van der Waals surface area (Å²) in [5.41, 5.74) is 5.96. The van der Waals surface area contributed by atoms with E-state index in [9.17, 15) is 5.11 Å². The molecule has 4 rings (SSSR count). The number of ether oxygens (including phenoxy) is 2. The molecule has 2 aliphatic heterocycles. The minimum atomic E-state index is 0.0671. The molecule has 1 atom stereocenters. The Balaban J connectivity index is 1.72. The van der Waals surface area contributed by atoms with Gasteiger partial charge in [0.2, 0.25) is 0 Å². The fraction of sp³-hybridized carbons (Fsp3) is 0.429. The summed E-state index contributed by atoms with van der Waals surface area (Å²) in [7, 11) is 0. The van der Waals surface area contributed by atoms with Gasteiger partial charge >= 0.3 is 0 Å². The summed E-state index contributed by atoms with van der Waals surface area (Å²) >= 11 is 0. The third-order valence-corrected chi connectivity index (χ3v) is 5.17. The summed E-state index contributed by atoms with van der Waals surface area (Å²) in [6.07, 6.45) is 2.12. The first-order valence-electron chi connectivity index (χ1n) is 9.15. The first-order valence-corrected chi connectivity index (χ1v) is 9.15. The average Bonchev–Trinajstić information content (AvgIpc) is 3.10. The lowest BCUT2D eigenvalue weighted by Gasteiger charge is -2.23. The van der Waals surface area contributed by atoms with Crippen molar-refractivity contribution in [3.8, 4) is 16.9 Å². The van der Waals surface area contributed by atoms with Crippen molar-refractivity contribution < 1.29 is 14.6 Å². The molecule has 4 heteroatoms. The predicted molar refractivity (Wildman–Crippen MR) is 99.2 cm³/mol. The SMILES string of the molecule is CCN1CCc2cc(OC3CCOC3)ccc2-c2cc(CO)ccc21. The number of fused-ring (bicyclic) bond motifs is 3. The Morgan fingerprint density at radius 2 is 2.12 bits per heavy atom. The highest BCUT2D eigenvalue weighted by Crippen LogP contribution is 2.38. The van der Waals surface area contributed by atoms with E-state index in [1.165, 1.54) is 22.4 Å². The minimum Gasteiger partial charge on any atom is -0.488 e. The van der Waals surface area contributed by atoms with Crippen LogP contribution in [0.5, 0.6) is 5.75 Å². The molecule has 0 aromatic heterocycles. The maximum absolute atomic E-state index is 9.54. The molecule has 1 fully saturated rings. The van der Waals surface area contributed by atoms with Crippen molar-refractivity contribution in [3.05, 3.63) is 47.5 Å². The lowest BCUT2D eigenvalue weighted by atomic mass is 9.96. The van der Waals surface area contributed by atoms with Crippen molar-refractivity contribution in [2.75, 3.05) is 31.2 Å². The van der Waals surface area contributed by atoms with Gasteiger partial charge in [0.25, 0.3) is 0 Å². The number of rotatable bonds is 4. The van der Waals surface area contributed by atoms with Crippen LogP contribution in [-0.4, -0.2) is 37.5 Å². The normalized spacial score (nSPS) is 19.3. The van der Waals surface area contributed by atoms with Gasteiger partial charge in [-0.15, -0.1) is 0 Å². The lowest BCUT2D eigenvalue weighted by molar-refractivity contribution is 0.141. The molecule has 2 aromatic carbocycles. The molecular weight excluding hydrogens is 314 g/mol. The summed E-state index contributed by atoms with van der Waals surface area (Å²) in [6, 6.07) is 12.7. The van der Waals surface area contributed by atoms with Crippen LogP contribution >= 0.6 is 0 Å². The summed E-state index contributed by atoms with van der Waals surface area (Å²) in [4.78, 5) is 2.40. The Kier molecular flexibility index (Phi) is 4.64. The highest BCUT2D eigenvalue weighted by molar-refractivity contribution is 5.83. The van der Waals surface area contributed by atoms with E-state index in [-0.39, 0.29) is 12.7 Å². The second-order valence-electron chi connectivity index (χ2n) is 6.76. The van der Waals surface area contributed by atoms with Gasteiger partial charge in [-0.2, -0.15) is 0 Å². The molecular formula is C21H25NO3. The molecule has 1 saturated heterocycles. The number of likely N-dealkylation sites (N-methyl/N-ethyl adjacent to an activating group) is 1. The van der Waals surface area contributed by atoms with Gasteiger partial charge in [0.1, 0.15) is 11.9 Å². The van der Waals surface area contributed by atoms with Gasteiger partial charge in [-0.25, -0.2) is 0 Å². The second-order valence-corrected chi connectivity index (χ2v) is 6.76. The van der Waals surface area contributed by atoms with Gasteiger partial charge in [0.05, 0.1) is 19.8 Å². The van der Waals surface area contributed by atoms with Crippen LogP contribution in [0.1, 0.15) is 24.5 Å². The van der Waals surface area contributed by atoms with Gasteiger partial charge in [0, 0.05) is 30.8 Å². The van der Waals surface area contributed by atoms with Crippen molar-refractivity contribution in [1.29, 1.82) is 0 Å². The van der Waals surface area contributed by atoms with E-state index in [0.717, 1.165) is 43.9 Å². The molecule has 2 aliphatic rings. The molecule has 4 nitrogen and oxygen atoms in total. The van der Waals surface area contributed by atoms with Crippen molar-refractivity contribution >= 4 is 5.69 Å². The molecule has 1 N–H and O–H groups in total. The predicted octanol–water partition coefficient (Wildman–Crippen LogP) is 3.40. The van der Waals surface area contributed by atoms with Crippen LogP contribution in [0.2, 0.25) is 0 Å². The van der Waals surface area contributed by atoms with E-state index in [4.69, 9.17) is 9.47 Å². The van der Waals surface area contributed by atoms with Crippen molar-refractivity contribution in [2.24, 2.45) is 0 Å². The third-order valence-electron chi connectivity index (χ3n) is 5.17. The van der Waals surface area contributed by atoms with E-state index in [2.05, 4.69) is 42.2 Å². The number of aliphatic hydroxyl groups is 1. The summed E-state index contributed by atoms with van der Waals surface area (Å²) in [6.45, 7) is 5.70. The molecule has 0 radical (unpaired) electrons. The number of aliphatic hydroxyl groups excluding tert-OH is 1. The monoisotopic (exact) mass is 339 g/mol. The number of hydrogen-bond donors (Lipinski definition) is 1. The van der Waals surface area contributed by atoms with Crippen LogP contribution in [0.3, 0.4) is 0 Å². The number of benzene rings is 2. The Morgan fingerprint density at radius 3 is 2.88 bits per heavy atom. The van der Waals surface area contributed by atoms with Crippen molar-refractivity contribution in [2.45, 2.75) is 32.5 Å². The van der Waals surface area contributed by atoms with E-state index in [0.29, 0.717) is 6.61 Å². The molecule has 0 amide bonds. The minimum absolute atomic E-state index is 0.0671. The largest absolute Gasteiger partial charge is 0.488 e. The van der Waals surface area contributed by atoms with E-state index in [1.807, 2.05) is 6.07 Å². The zero-order valence-corrected chi connectivity index (χ0v) is 14.7. The van der Waals surface area contributed by atoms with Crippen molar-refractivity contribution in [1.82, 2.24) is 0 Å². The van der Waals surface area contributed by atoms with Gasteiger partial charge in [-0.05, 0) is 54.3 Å². The van der Waals surface area contributed by atoms with Gasteiger partial charge in [-0.3, -0.25) is 0 Å². The van der Waals surface area contributed by atoms with Crippen molar-refractivity contribution in [3.63, 3.8) is 0 Å². The van der Waals surface area contributed by atoms with Crippen LogP contribution < -0.4 is 9.64 Å². The highest BCUT2D eigenvalue weighted by atomic mass is 16.5. The topological polar surface area (TPSA) is 41.9 Å². The van der Waals surface area contributed by atoms with Crippen LogP contribution in [0.15, 0.2) is 36.4 Å². The van der Waals surface area contributed by atoms with Gasteiger partial charge in [-0.1, -0.05) is 12.1 Å². The zero-order valence-electron chi connectivity index (χ0n) is 14.7. The Bertz CT molecular complexity index is 753. The molecule has 132 valence electrons. The van der Waals surface area contributed by atoms with Gasteiger partial charge < -0.3 is 19.5 Å². The van der Waals surface area contributed by atoms with Crippen LogP contribution in [0.4, 0.5) is 5.69 Å². The van der Waals surface area contributed by atoms with E-state index >= 15 is 0 Å². The second kappa shape index (κ2) is 7.06. The smallest absolute Gasteiger partial charge is 0.124 e. The quantitative estimate of drug-likeness (QED) is 0.927. The molecule has 25 heavy (non-hydrogen) atoms. The Hall–Kier alpha value is -2.04. The van der Waals surface area contributed by atoms with Crippen LogP contribution in [0.25, 0.3) is 11.1 Å². The molecule has 0 aliphatic carbocycles. The summed E-state index contributed by atoms with van der Waals surface area (Å²) in [5.74, 6) is 0.930. The van der Waals surface area contributed by atoms with Crippen LogP contribution in [-0.2, 0) is 17.8 Å². The molecule has 0 bridgehead atoms. The Labute approximate surface area is 149 Å². The number of hydrogen-bond acceptors (Lipinski definition) is 4. The van der Waals surface area contributed by atoms with Gasteiger partial charge in [0.15, 0.2) is 0 Å². The molecule has 2 heterocycles. The first-order chi connectivity index (χ1) is 12.3. The molecule has 2 aromatic rings. The molecule has 1 unspecified atom stereocenters. The maximum Gasteiger partial charge on any atom is 0.124 e. The standard InChI is InChI=1S/C21H25NO3/c1-2-22-9-7-16-12-17(25-18-8-10-24-14-18)4-5-19(16)20-11-15(13-23)3-6-21(20)22/h3-6,11-12,18,23H,2,7-10,13-14H2,1H3. The Morgan fingerprint density at radius 1 is 1.20 bits per heavy atom. The van der Waals surface area contributed by atoms with Crippen LogP contribution in [0, 0.1) is 0 Å². The third kappa shape index (κ3) is 3.24. The number of nitrogens with zero attached hydrogens (tertiary/aromatic N) is 1. The van der Waals surface area contributed by atoms with E-state index in [1.54, 1.807) is 0 Å². The summed E-state index contributed by atoms with van der Waals surface area (Å²) < 4.78 is 11.5. The fourth-order valence-electron chi connectivity index (χ4n) is 3.79. The number of anilines is 1. The fourth-order valence-corrected chi connectivity index (χ4v) is 3.79. The van der Waals surface area contributed by atoms with E-state index < -0.39 is 0 Å². The average molecular weight is 339 g/mol. The molecule has 0 saturated carbocycles.